The molecule has 6 rings (SSSR count). The minimum Gasteiger partial charge on any atom is -0.454 e. The molecule has 0 unspecified atom stereocenters. The molecule has 0 bridgehead atoms. The number of hydrogen-bond acceptors (Lipinski definition) is 5. The summed E-state index contributed by atoms with van der Waals surface area (Å²) in [7, 11) is 3.07. The average Bonchev–Trinajstić information content (AvgIpc) is 3.51. The highest BCUT2D eigenvalue weighted by atomic mass is 35.5. The molecule has 0 radical (unpaired) electrons. The maximum Gasteiger partial charge on any atom is 0.332 e. The normalized spacial score (nSPS) is 12.8. The van der Waals surface area contributed by atoms with Crippen molar-refractivity contribution in [3.05, 3.63) is 80.1 Å². The fourth-order valence-corrected chi connectivity index (χ4v) is 4.45. The van der Waals surface area contributed by atoms with Crippen molar-refractivity contribution in [2.75, 3.05) is 6.79 Å². The molecule has 1 aliphatic heterocycles. The fraction of sp³-hybridized carbons (Fsp3) is 0.174. The van der Waals surface area contributed by atoms with Gasteiger partial charge in [0.25, 0.3) is 5.56 Å². The molecule has 166 valence electrons. The summed E-state index contributed by atoms with van der Waals surface area (Å²) in [5, 5.41) is 0.625. The van der Waals surface area contributed by atoms with E-state index in [1.165, 1.54) is 11.6 Å². The van der Waals surface area contributed by atoms with Crippen LogP contribution in [0.3, 0.4) is 0 Å². The Balaban J connectivity index is 1.68. The summed E-state index contributed by atoms with van der Waals surface area (Å²) in [4.78, 5) is 30.2. The maximum atomic E-state index is 13.0. The Morgan fingerprint density at radius 2 is 1.82 bits per heavy atom. The Morgan fingerprint density at radius 1 is 1.03 bits per heavy atom. The zero-order valence-corrected chi connectivity index (χ0v) is 18.5. The summed E-state index contributed by atoms with van der Waals surface area (Å²) in [5.74, 6) is 1.86. The van der Waals surface area contributed by atoms with E-state index in [0.717, 1.165) is 21.4 Å². The van der Waals surface area contributed by atoms with E-state index in [0.29, 0.717) is 40.0 Å². The van der Waals surface area contributed by atoms with Gasteiger partial charge < -0.3 is 14.0 Å². The molecule has 9 nitrogen and oxygen atoms in total. The Morgan fingerprint density at radius 3 is 2.64 bits per heavy atom. The van der Waals surface area contributed by atoms with E-state index in [9.17, 15) is 9.59 Å². The molecule has 5 aromatic rings. The molecule has 0 saturated heterocycles. The van der Waals surface area contributed by atoms with Crippen LogP contribution in [0, 0.1) is 0 Å². The molecule has 0 aliphatic carbocycles. The lowest BCUT2D eigenvalue weighted by Crippen LogP contribution is -2.37. The Bertz CT molecular complexity index is 1710. The first-order valence-corrected chi connectivity index (χ1v) is 10.6. The first kappa shape index (κ1) is 19.7. The summed E-state index contributed by atoms with van der Waals surface area (Å²) < 4.78 is 17.2. The van der Waals surface area contributed by atoms with E-state index in [1.54, 1.807) is 11.4 Å². The van der Waals surface area contributed by atoms with Crippen LogP contribution in [0.25, 0.3) is 28.2 Å². The van der Waals surface area contributed by atoms with Crippen molar-refractivity contribution in [2.24, 2.45) is 14.1 Å². The lowest BCUT2D eigenvalue weighted by molar-refractivity contribution is 0.174. The van der Waals surface area contributed by atoms with E-state index in [4.69, 9.17) is 26.1 Å². The van der Waals surface area contributed by atoms with Crippen LogP contribution in [0.1, 0.15) is 5.56 Å². The van der Waals surface area contributed by atoms with Crippen molar-refractivity contribution in [1.29, 1.82) is 0 Å². The highest BCUT2D eigenvalue weighted by Gasteiger charge is 2.23. The predicted octanol–water partition coefficient (Wildman–Crippen LogP) is 2.78. The van der Waals surface area contributed by atoms with Gasteiger partial charge in [-0.2, -0.15) is 4.98 Å². The predicted molar refractivity (Wildman–Crippen MR) is 123 cm³/mol. The third kappa shape index (κ3) is 2.82. The number of benzene rings is 2. The third-order valence-electron chi connectivity index (χ3n) is 6.01. The van der Waals surface area contributed by atoms with Crippen molar-refractivity contribution >= 4 is 28.5 Å². The second-order valence-electron chi connectivity index (χ2n) is 7.92. The molecular formula is C23H18ClN5O4. The zero-order valence-electron chi connectivity index (χ0n) is 17.8. The van der Waals surface area contributed by atoms with E-state index in [1.807, 2.05) is 53.2 Å². The van der Waals surface area contributed by atoms with Crippen LogP contribution in [-0.2, 0) is 20.6 Å². The molecule has 33 heavy (non-hydrogen) atoms. The molecule has 0 fully saturated rings. The van der Waals surface area contributed by atoms with E-state index >= 15 is 0 Å². The van der Waals surface area contributed by atoms with Crippen molar-refractivity contribution in [2.45, 2.75) is 6.54 Å². The molecule has 0 atom stereocenters. The summed E-state index contributed by atoms with van der Waals surface area (Å²) in [6, 6.07) is 13.3. The number of rotatable bonds is 3. The number of nitrogens with zero attached hydrogens (tertiary/aromatic N) is 5. The number of imidazole rings is 2. The summed E-state index contributed by atoms with van der Waals surface area (Å²) in [6.45, 7) is 0.592. The van der Waals surface area contributed by atoms with Gasteiger partial charge in [0.2, 0.25) is 12.6 Å². The minimum absolute atomic E-state index is 0.178. The Kier molecular flexibility index (Phi) is 4.18. The summed E-state index contributed by atoms with van der Waals surface area (Å²) in [5.41, 5.74) is 2.39. The van der Waals surface area contributed by atoms with Crippen LogP contribution in [0.15, 0.2) is 58.3 Å². The average molecular weight is 464 g/mol. The molecule has 2 aromatic carbocycles. The van der Waals surface area contributed by atoms with Gasteiger partial charge in [-0.1, -0.05) is 29.8 Å². The molecule has 0 spiro atoms. The van der Waals surface area contributed by atoms with Gasteiger partial charge in [-0.3, -0.25) is 18.3 Å². The lowest BCUT2D eigenvalue weighted by atomic mass is 10.1. The first-order valence-electron chi connectivity index (χ1n) is 10.2. The summed E-state index contributed by atoms with van der Waals surface area (Å²) in [6.07, 6.45) is 1.85. The molecular weight excluding hydrogens is 446 g/mol. The van der Waals surface area contributed by atoms with E-state index in [2.05, 4.69) is 0 Å². The number of ether oxygens (including phenoxy) is 2. The van der Waals surface area contributed by atoms with Gasteiger partial charge in [0.05, 0.1) is 12.2 Å². The fourth-order valence-electron chi connectivity index (χ4n) is 4.25. The number of aryl methyl sites for hydroxylation is 1. The number of halogens is 1. The molecule has 4 heterocycles. The van der Waals surface area contributed by atoms with Gasteiger partial charge in [0, 0.05) is 30.9 Å². The first-order chi connectivity index (χ1) is 15.9. The van der Waals surface area contributed by atoms with Crippen molar-refractivity contribution in [1.82, 2.24) is 23.1 Å². The lowest BCUT2D eigenvalue weighted by Gasteiger charge is -2.11. The SMILES string of the molecule is Cn1c(=O)c2c(nc3n(Cc4ccccc4Cl)c(-c4ccc5c(c4)OCO5)cn23)n(C)c1=O. The van der Waals surface area contributed by atoms with Crippen LogP contribution in [-0.4, -0.2) is 29.9 Å². The highest BCUT2D eigenvalue weighted by molar-refractivity contribution is 6.31. The third-order valence-corrected chi connectivity index (χ3v) is 6.38. The van der Waals surface area contributed by atoms with Crippen molar-refractivity contribution < 1.29 is 9.47 Å². The molecule has 0 N–H and O–H groups in total. The minimum atomic E-state index is -0.429. The van der Waals surface area contributed by atoms with Crippen LogP contribution in [0.4, 0.5) is 0 Å². The van der Waals surface area contributed by atoms with Gasteiger partial charge in [-0.05, 0) is 29.8 Å². The smallest absolute Gasteiger partial charge is 0.332 e. The molecule has 10 heteroatoms. The second kappa shape index (κ2) is 7.01. The zero-order chi connectivity index (χ0) is 22.9. The number of hydrogen-bond donors (Lipinski definition) is 0. The van der Waals surface area contributed by atoms with Crippen LogP contribution < -0.4 is 20.7 Å². The number of fused-ring (bicyclic) bond motifs is 4. The second-order valence-corrected chi connectivity index (χ2v) is 8.33. The molecule has 3 aromatic heterocycles. The molecule has 0 amide bonds. The van der Waals surface area contributed by atoms with Crippen molar-refractivity contribution in [3.8, 4) is 22.8 Å². The van der Waals surface area contributed by atoms with Crippen LogP contribution in [0.5, 0.6) is 11.5 Å². The van der Waals surface area contributed by atoms with Gasteiger partial charge >= 0.3 is 5.69 Å². The Labute approximate surface area is 191 Å². The van der Waals surface area contributed by atoms with Gasteiger partial charge in [0.15, 0.2) is 22.7 Å². The van der Waals surface area contributed by atoms with Gasteiger partial charge in [0.1, 0.15) is 0 Å². The molecule has 1 aliphatic rings. The Hall–Kier alpha value is -3.98. The van der Waals surface area contributed by atoms with Gasteiger partial charge in [-0.25, -0.2) is 4.79 Å². The monoisotopic (exact) mass is 463 g/mol. The van der Waals surface area contributed by atoms with Crippen LogP contribution in [0.2, 0.25) is 5.02 Å². The summed E-state index contributed by atoms with van der Waals surface area (Å²) >= 11 is 6.46. The van der Waals surface area contributed by atoms with Gasteiger partial charge in [-0.15, -0.1) is 0 Å². The maximum absolute atomic E-state index is 13.0. The highest BCUT2D eigenvalue weighted by Crippen LogP contribution is 2.37. The largest absolute Gasteiger partial charge is 0.454 e. The quantitative estimate of drug-likeness (QED) is 0.411. The van der Waals surface area contributed by atoms with Crippen LogP contribution >= 0.6 is 11.6 Å². The van der Waals surface area contributed by atoms with Crippen molar-refractivity contribution in [3.63, 3.8) is 0 Å². The number of aromatic nitrogens is 5. The van der Waals surface area contributed by atoms with E-state index < -0.39 is 11.2 Å². The standard InChI is InChI=1S/C23H18ClN5O4/c1-26-20-19(21(30)27(2)23(26)31)29-11-16(13-7-8-17-18(9-13)33-12-32-17)28(22(29)25-20)10-14-5-3-4-6-15(14)24/h3-9,11H,10,12H2,1-2H3. The topological polar surface area (TPSA) is 84.7 Å². The molecule has 0 saturated carbocycles. The van der Waals surface area contributed by atoms with E-state index in [-0.39, 0.29) is 6.79 Å².